The SMILES string of the molecule is CC[C@H](OC(C)=O)[C@H]1O[C@@H](n2c(=O)n(C[C@@H](C)OC(C)=O)c3cnc(N)nc32)[C@H](OC(C)=O)[C@H]1F. The van der Waals surface area contributed by atoms with Gasteiger partial charge >= 0.3 is 23.6 Å². The molecule has 0 unspecified atom stereocenters. The standard InChI is InChI=1S/C21H28FN5O8/c1-6-14(33-11(4)29)16-15(22)17(34-12(5)30)19(35-16)27-18-13(7-24-20(23)25-18)26(21(27)31)8-9(2)32-10(3)28/h7,9,14-17,19H,6,8H2,1-5H3,(H2,23,24,25)/t9-,14+,15+,16-,17-,19-/m1/s1. The van der Waals surface area contributed by atoms with Gasteiger partial charge in [-0.15, -0.1) is 0 Å². The third-order valence-corrected chi connectivity index (χ3v) is 5.38. The molecule has 6 atom stereocenters. The molecule has 1 fully saturated rings. The maximum absolute atomic E-state index is 15.6. The van der Waals surface area contributed by atoms with Crippen LogP contribution in [-0.4, -0.2) is 67.6 Å². The van der Waals surface area contributed by atoms with Gasteiger partial charge in [-0.25, -0.2) is 18.7 Å². The summed E-state index contributed by atoms with van der Waals surface area (Å²) in [5.74, 6) is -2.16. The van der Waals surface area contributed by atoms with E-state index in [2.05, 4.69) is 9.97 Å². The Labute approximate surface area is 199 Å². The zero-order valence-electron chi connectivity index (χ0n) is 20.0. The summed E-state index contributed by atoms with van der Waals surface area (Å²) in [6.07, 6.45) is -6.48. The third kappa shape index (κ3) is 5.42. The van der Waals surface area contributed by atoms with Crippen LogP contribution in [-0.2, 0) is 39.9 Å². The Bertz CT molecular complexity index is 1180. The quantitative estimate of drug-likeness (QED) is 0.401. The molecule has 0 aliphatic carbocycles. The average Bonchev–Trinajstić information content (AvgIpc) is 3.19. The number of ether oxygens (including phenoxy) is 4. The van der Waals surface area contributed by atoms with Gasteiger partial charge in [-0.3, -0.25) is 19.0 Å². The lowest BCUT2D eigenvalue weighted by Crippen LogP contribution is -2.40. The van der Waals surface area contributed by atoms with Gasteiger partial charge in [0.25, 0.3) is 0 Å². The molecule has 0 aromatic carbocycles. The Morgan fingerprint density at radius 2 is 1.86 bits per heavy atom. The highest BCUT2D eigenvalue weighted by molar-refractivity contribution is 5.72. The molecule has 35 heavy (non-hydrogen) atoms. The number of alkyl halides is 1. The molecule has 13 nitrogen and oxygen atoms in total. The number of imidazole rings is 1. The number of carbonyl (C=O) groups excluding carboxylic acids is 3. The Balaban J connectivity index is 2.14. The molecule has 14 heteroatoms. The molecule has 0 bridgehead atoms. The summed E-state index contributed by atoms with van der Waals surface area (Å²) in [4.78, 5) is 56.2. The number of nitrogen functional groups attached to an aromatic ring is 1. The van der Waals surface area contributed by atoms with Gasteiger partial charge in [-0.1, -0.05) is 6.92 Å². The molecule has 192 valence electrons. The van der Waals surface area contributed by atoms with Gasteiger partial charge in [0.05, 0.1) is 12.7 Å². The van der Waals surface area contributed by atoms with E-state index in [0.717, 1.165) is 11.5 Å². The number of fused-ring (bicyclic) bond motifs is 1. The van der Waals surface area contributed by atoms with Crippen molar-refractivity contribution in [2.24, 2.45) is 0 Å². The number of rotatable bonds is 8. The predicted molar refractivity (Wildman–Crippen MR) is 118 cm³/mol. The Hall–Kier alpha value is -3.55. The minimum absolute atomic E-state index is 0.00642. The summed E-state index contributed by atoms with van der Waals surface area (Å²) in [5.41, 5.74) is 5.23. The number of nitrogens with zero attached hydrogens (tertiary/aromatic N) is 4. The van der Waals surface area contributed by atoms with Crippen molar-refractivity contribution in [2.45, 2.75) is 84.4 Å². The van der Waals surface area contributed by atoms with Crippen molar-refractivity contribution in [1.29, 1.82) is 0 Å². The van der Waals surface area contributed by atoms with Gasteiger partial charge in [0.15, 0.2) is 24.2 Å². The van der Waals surface area contributed by atoms with E-state index >= 15 is 4.39 Å². The van der Waals surface area contributed by atoms with Crippen LogP contribution in [0.2, 0.25) is 0 Å². The zero-order valence-corrected chi connectivity index (χ0v) is 20.0. The number of nitrogens with two attached hydrogens (primary N) is 1. The average molecular weight is 497 g/mol. The molecule has 2 aromatic rings. The molecular formula is C21H28FN5O8. The molecule has 2 aromatic heterocycles. The van der Waals surface area contributed by atoms with Crippen molar-refractivity contribution in [1.82, 2.24) is 19.1 Å². The minimum atomic E-state index is -1.93. The molecule has 0 radical (unpaired) electrons. The van der Waals surface area contributed by atoms with Crippen molar-refractivity contribution < 1.29 is 37.7 Å². The van der Waals surface area contributed by atoms with E-state index in [9.17, 15) is 19.2 Å². The number of carbonyl (C=O) groups is 3. The second kappa shape index (κ2) is 10.4. The van der Waals surface area contributed by atoms with Crippen LogP contribution in [0.3, 0.4) is 0 Å². The number of hydrogen-bond donors (Lipinski definition) is 1. The van der Waals surface area contributed by atoms with Crippen molar-refractivity contribution in [3.8, 4) is 0 Å². The topological polar surface area (TPSA) is 167 Å². The van der Waals surface area contributed by atoms with Gasteiger partial charge in [-0.2, -0.15) is 4.98 Å². The highest BCUT2D eigenvalue weighted by Crippen LogP contribution is 2.37. The van der Waals surface area contributed by atoms with Crippen LogP contribution in [0, 0.1) is 0 Å². The van der Waals surface area contributed by atoms with Crippen LogP contribution in [0.15, 0.2) is 11.0 Å². The number of esters is 3. The molecule has 2 N–H and O–H groups in total. The maximum atomic E-state index is 15.6. The number of hydrogen-bond acceptors (Lipinski definition) is 11. The maximum Gasteiger partial charge on any atom is 0.332 e. The van der Waals surface area contributed by atoms with Gasteiger partial charge in [0.2, 0.25) is 5.95 Å². The van der Waals surface area contributed by atoms with Crippen LogP contribution >= 0.6 is 0 Å². The fourth-order valence-electron chi connectivity index (χ4n) is 4.12. The molecule has 1 aliphatic rings. The van der Waals surface area contributed by atoms with Crippen molar-refractivity contribution in [3.05, 3.63) is 16.7 Å². The molecule has 0 spiro atoms. The fraction of sp³-hybridized carbons (Fsp3) is 0.619. The lowest BCUT2D eigenvalue weighted by molar-refractivity contribution is -0.159. The van der Waals surface area contributed by atoms with Crippen LogP contribution in [0.1, 0.15) is 47.3 Å². The molecule has 3 rings (SSSR count). The van der Waals surface area contributed by atoms with Crippen LogP contribution < -0.4 is 11.4 Å². The summed E-state index contributed by atoms with van der Waals surface area (Å²) >= 11 is 0. The first-order valence-electron chi connectivity index (χ1n) is 11.0. The summed E-state index contributed by atoms with van der Waals surface area (Å²) < 4.78 is 39.2. The number of aromatic nitrogens is 4. The molecule has 3 heterocycles. The first-order chi connectivity index (χ1) is 16.4. The van der Waals surface area contributed by atoms with E-state index in [1.54, 1.807) is 13.8 Å². The van der Waals surface area contributed by atoms with Gasteiger partial charge in [0.1, 0.15) is 23.8 Å². The van der Waals surface area contributed by atoms with Gasteiger partial charge in [-0.05, 0) is 13.3 Å². The van der Waals surface area contributed by atoms with Crippen LogP contribution in [0.5, 0.6) is 0 Å². The van der Waals surface area contributed by atoms with E-state index < -0.39 is 60.4 Å². The zero-order chi connectivity index (χ0) is 26.0. The first-order valence-corrected chi connectivity index (χ1v) is 11.0. The molecule has 0 saturated carbocycles. The van der Waals surface area contributed by atoms with E-state index in [0.29, 0.717) is 0 Å². The number of anilines is 1. The van der Waals surface area contributed by atoms with Crippen LogP contribution in [0.25, 0.3) is 11.2 Å². The summed E-state index contributed by atoms with van der Waals surface area (Å²) in [7, 11) is 0. The van der Waals surface area contributed by atoms with Crippen LogP contribution in [0.4, 0.5) is 10.3 Å². The predicted octanol–water partition coefficient (Wildman–Crippen LogP) is 0.636. The third-order valence-electron chi connectivity index (χ3n) is 5.38. The van der Waals surface area contributed by atoms with E-state index in [1.165, 1.54) is 24.6 Å². The van der Waals surface area contributed by atoms with Crippen molar-refractivity contribution >= 4 is 35.0 Å². The van der Waals surface area contributed by atoms with Crippen molar-refractivity contribution in [2.75, 3.05) is 5.73 Å². The second-order valence-electron chi connectivity index (χ2n) is 8.19. The summed E-state index contributed by atoms with van der Waals surface area (Å²) in [6.45, 7) is 6.67. The normalized spacial score (nSPS) is 23.6. The lowest BCUT2D eigenvalue weighted by Gasteiger charge is -2.23. The highest BCUT2D eigenvalue weighted by Gasteiger charge is 2.53. The lowest BCUT2D eigenvalue weighted by atomic mass is 10.0. The first kappa shape index (κ1) is 26.1. The second-order valence-corrected chi connectivity index (χ2v) is 8.19. The van der Waals surface area contributed by atoms with E-state index in [-0.39, 0.29) is 30.1 Å². The molecule has 0 amide bonds. The smallest absolute Gasteiger partial charge is 0.332 e. The van der Waals surface area contributed by atoms with E-state index in [1.807, 2.05) is 0 Å². The monoisotopic (exact) mass is 497 g/mol. The minimum Gasteiger partial charge on any atom is -0.461 e. The van der Waals surface area contributed by atoms with Gasteiger partial charge < -0.3 is 24.7 Å². The van der Waals surface area contributed by atoms with Gasteiger partial charge in [0, 0.05) is 20.8 Å². The molecule has 1 aliphatic heterocycles. The highest BCUT2D eigenvalue weighted by atomic mass is 19.1. The largest absolute Gasteiger partial charge is 0.461 e. The Morgan fingerprint density at radius 1 is 1.20 bits per heavy atom. The summed E-state index contributed by atoms with van der Waals surface area (Å²) in [6, 6.07) is 0. The summed E-state index contributed by atoms with van der Waals surface area (Å²) in [5, 5.41) is 0. The van der Waals surface area contributed by atoms with Crippen molar-refractivity contribution in [3.63, 3.8) is 0 Å². The fourth-order valence-corrected chi connectivity index (χ4v) is 4.12. The number of halogens is 1. The molecular weight excluding hydrogens is 469 g/mol. The van der Waals surface area contributed by atoms with E-state index in [4.69, 9.17) is 24.7 Å². The Kier molecular flexibility index (Phi) is 7.73. The molecule has 1 saturated heterocycles. The Morgan fingerprint density at radius 3 is 2.43 bits per heavy atom.